The third-order valence-corrected chi connectivity index (χ3v) is 3.21. The second kappa shape index (κ2) is 4.75. The van der Waals surface area contributed by atoms with Gasteiger partial charge >= 0.3 is 5.97 Å². The Hall–Kier alpha value is -1.55. The van der Waals surface area contributed by atoms with Crippen LogP contribution in [0.2, 0.25) is 0 Å². The summed E-state index contributed by atoms with van der Waals surface area (Å²) in [6, 6.07) is 9.59. The number of esters is 1. The fraction of sp³-hybridized carbons (Fsp3) is 0.154. The molecule has 4 heteroatoms. The molecule has 0 N–H and O–H groups in total. The van der Waals surface area contributed by atoms with Gasteiger partial charge in [0.1, 0.15) is 17.1 Å². The van der Waals surface area contributed by atoms with Crippen LogP contribution in [0.15, 0.2) is 39.2 Å². The van der Waals surface area contributed by atoms with Crippen LogP contribution in [0.3, 0.4) is 0 Å². The van der Waals surface area contributed by atoms with Gasteiger partial charge in [0, 0.05) is 5.56 Å². The van der Waals surface area contributed by atoms with Crippen molar-refractivity contribution in [3.63, 3.8) is 0 Å². The van der Waals surface area contributed by atoms with Gasteiger partial charge in [-0.15, -0.1) is 0 Å². The third kappa shape index (κ3) is 2.13. The highest BCUT2D eigenvalue weighted by atomic mass is 79.9. The summed E-state index contributed by atoms with van der Waals surface area (Å²) in [4.78, 5) is 11.6. The average molecular weight is 295 g/mol. The van der Waals surface area contributed by atoms with E-state index in [1.54, 1.807) is 6.92 Å². The molecule has 17 heavy (non-hydrogen) atoms. The van der Waals surface area contributed by atoms with Crippen LogP contribution in [0.1, 0.15) is 16.1 Å². The Balaban J connectivity index is 2.56. The summed E-state index contributed by atoms with van der Waals surface area (Å²) >= 11 is 3.39. The molecule has 0 aliphatic carbocycles. The van der Waals surface area contributed by atoms with Crippen LogP contribution in [0.4, 0.5) is 0 Å². The fourth-order valence-electron chi connectivity index (χ4n) is 1.63. The Kier molecular flexibility index (Phi) is 3.33. The molecule has 0 saturated heterocycles. The standard InChI is InChI=1S/C13H11BrO3/c1-8-10(13(15)16-2)11(14)12(17-8)9-6-4-3-5-7-9/h3-7H,1-2H3. The van der Waals surface area contributed by atoms with Crippen LogP contribution in [-0.4, -0.2) is 13.1 Å². The highest BCUT2D eigenvalue weighted by molar-refractivity contribution is 9.10. The first kappa shape index (κ1) is 11.9. The topological polar surface area (TPSA) is 39.4 Å². The molecule has 1 aromatic carbocycles. The van der Waals surface area contributed by atoms with Gasteiger partial charge in [-0.1, -0.05) is 30.3 Å². The Morgan fingerprint density at radius 3 is 2.53 bits per heavy atom. The van der Waals surface area contributed by atoms with E-state index in [9.17, 15) is 4.79 Å². The second-order valence-corrected chi connectivity index (χ2v) is 4.33. The summed E-state index contributed by atoms with van der Waals surface area (Å²) in [6.07, 6.45) is 0. The van der Waals surface area contributed by atoms with E-state index in [4.69, 9.17) is 9.15 Å². The minimum atomic E-state index is -0.402. The molecule has 0 spiro atoms. The minimum absolute atomic E-state index is 0.402. The van der Waals surface area contributed by atoms with Crippen molar-refractivity contribution in [3.8, 4) is 11.3 Å². The van der Waals surface area contributed by atoms with Crippen molar-refractivity contribution in [2.24, 2.45) is 0 Å². The van der Waals surface area contributed by atoms with E-state index < -0.39 is 5.97 Å². The lowest BCUT2D eigenvalue weighted by Crippen LogP contribution is -2.01. The minimum Gasteiger partial charge on any atom is -0.465 e. The van der Waals surface area contributed by atoms with Gasteiger partial charge in [-0.25, -0.2) is 4.79 Å². The molecule has 1 aromatic heterocycles. The third-order valence-electron chi connectivity index (χ3n) is 2.45. The van der Waals surface area contributed by atoms with E-state index in [2.05, 4.69) is 15.9 Å². The number of rotatable bonds is 2. The van der Waals surface area contributed by atoms with Crippen molar-refractivity contribution in [3.05, 3.63) is 46.1 Å². The molecular weight excluding hydrogens is 284 g/mol. The number of ether oxygens (including phenoxy) is 1. The van der Waals surface area contributed by atoms with Crippen LogP contribution in [0.25, 0.3) is 11.3 Å². The number of hydrogen-bond acceptors (Lipinski definition) is 3. The zero-order valence-corrected chi connectivity index (χ0v) is 11.1. The number of benzene rings is 1. The van der Waals surface area contributed by atoms with Gasteiger partial charge in [0.05, 0.1) is 11.6 Å². The molecule has 0 amide bonds. The Morgan fingerprint density at radius 1 is 1.29 bits per heavy atom. The first-order valence-electron chi connectivity index (χ1n) is 5.07. The first-order valence-corrected chi connectivity index (χ1v) is 5.87. The molecule has 0 atom stereocenters. The summed E-state index contributed by atoms with van der Waals surface area (Å²) in [7, 11) is 1.35. The lowest BCUT2D eigenvalue weighted by atomic mass is 10.1. The molecule has 2 rings (SSSR count). The van der Waals surface area contributed by atoms with E-state index in [0.29, 0.717) is 21.6 Å². The predicted octanol–water partition coefficient (Wildman–Crippen LogP) is 3.80. The normalized spacial score (nSPS) is 10.3. The number of methoxy groups -OCH3 is 1. The van der Waals surface area contributed by atoms with Gasteiger partial charge in [0.15, 0.2) is 0 Å². The van der Waals surface area contributed by atoms with E-state index in [1.165, 1.54) is 7.11 Å². The second-order valence-electron chi connectivity index (χ2n) is 3.53. The van der Waals surface area contributed by atoms with Crippen molar-refractivity contribution in [1.29, 1.82) is 0 Å². The molecule has 0 fully saturated rings. The van der Waals surface area contributed by atoms with Gasteiger partial charge < -0.3 is 9.15 Å². The van der Waals surface area contributed by atoms with Gasteiger partial charge in [0.2, 0.25) is 0 Å². The molecule has 0 aliphatic rings. The number of hydrogen-bond donors (Lipinski definition) is 0. The van der Waals surface area contributed by atoms with Gasteiger partial charge in [-0.2, -0.15) is 0 Å². The monoisotopic (exact) mass is 294 g/mol. The molecule has 0 unspecified atom stereocenters. The Morgan fingerprint density at radius 2 is 1.94 bits per heavy atom. The lowest BCUT2D eigenvalue weighted by Gasteiger charge is -1.98. The number of halogens is 1. The Bertz CT molecular complexity index is 543. The molecule has 0 saturated carbocycles. The van der Waals surface area contributed by atoms with Crippen LogP contribution in [0.5, 0.6) is 0 Å². The summed E-state index contributed by atoms with van der Waals surface area (Å²) in [5.41, 5.74) is 1.35. The maximum atomic E-state index is 11.6. The molecule has 0 bridgehead atoms. The molecule has 0 radical (unpaired) electrons. The van der Waals surface area contributed by atoms with E-state index >= 15 is 0 Å². The summed E-state index contributed by atoms with van der Waals surface area (Å²) in [5, 5.41) is 0. The Labute approximate surface area is 108 Å². The van der Waals surface area contributed by atoms with E-state index in [1.807, 2.05) is 30.3 Å². The van der Waals surface area contributed by atoms with E-state index in [0.717, 1.165) is 5.56 Å². The SMILES string of the molecule is COC(=O)c1c(C)oc(-c2ccccc2)c1Br. The smallest absolute Gasteiger partial charge is 0.342 e. The van der Waals surface area contributed by atoms with Crippen molar-refractivity contribution >= 4 is 21.9 Å². The van der Waals surface area contributed by atoms with Crippen LogP contribution in [0, 0.1) is 6.92 Å². The molecule has 88 valence electrons. The molecule has 3 nitrogen and oxygen atoms in total. The molecule has 2 aromatic rings. The maximum Gasteiger partial charge on any atom is 0.342 e. The highest BCUT2D eigenvalue weighted by Gasteiger charge is 2.22. The van der Waals surface area contributed by atoms with Crippen molar-refractivity contribution in [1.82, 2.24) is 0 Å². The lowest BCUT2D eigenvalue weighted by molar-refractivity contribution is 0.0598. The predicted molar refractivity (Wildman–Crippen MR) is 67.9 cm³/mol. The summed E-state index contributed by atoms with van der Waals surface area (Å²) in [5.74, 6) is 0.784. The fourth-order valence-corrected chi connectivity index (χ4v) is 2.38. The highest BCUT2D eigenvalue weighted by Crippen LogP contribution is 2.35. The summed E-state index contributed by atoms with van der Waals surface area (Å²) < 4.78 is 11.0. The summed E-state index contributed by atoms with van der Waals surface area (Å²) in [6.45, 7) is 1.74. The first-order chi connectivity index (χ1) is 8.15. The number of carbonyl (C=O) groups is 1. The average Bonchev–Trinajstić information content (AvgIpc) is 2.65. The molecular formula is C13H11BrO3. The number of furan rings is 1. The van der Waals surface area contributed by atoms with Crippen molar-refractivity contribution in [2.75, 3.05) is 7.11 Å². The molecule has 0 aliphatic heterocycles. The van der Waals surface area contributed by atoms with Crippen molar-refractivity contribution < 1.29 is 13.9 Å². The molecule has 1 heterocycles. The van der Waals surface area contributed by atoms with Gasteiger partial charge in [-0.3, -0.25) is 0 Å². The number of carbonyl (C=O) groups excluding carboxylic acids is 1. The van der Waals surface area contributed by atoms with Gasteiger partial charge in [-0.05, 0) is 22.9 Å². The zero-order valence-electron chi connectivity index (χ0n) is 9.49. The van der Waals surface area contributed by atoms with Crippen LogP contribution < -0.4 is 0 Å². The van der Waals surface area contributed by atoms with Crippen LogP contribution >= 0.6 is 15.9 Å². The van der Waals surface area contributed by atoms with Crippen molar-refractivity contribution in [2.45, 2.75) is 6.92 Å². The largest absolute Gasteiger partial charge is 0.465 e. The van der Waals surface area contributed by atoms with Crippen LogP contribution in [-0.2, 0) is 4.74 Å². The number of aryl methyl sites for hydroxylation is 1. The van der Waals surface area contributed by atoms with Gasteiger partial charge in [0.25, 0.3) is 0 Å². The quantitative estimate of drug-likeness (QED) is 0.791. The zero-order chi connectivity index (χ0) is 12.4. The maximum absolute atomic E-state index is 11.6. The van der Waals surface area contributed by atoms with E-state index in [-0.39, 0.29) is 0 Å².